The van der Waals surface area contributed by atoms with Crippen LogP contribution in [0.15, 0.2) is 12.1 Å². The Labute approximate surface area is 91.2 Å². The van der Waals surface area contributed by atoms with Crippen LogP contribution in [0.4, 0.5) is 0 Å². The lowest BCUT2D eigenvalue weighted by atomic mass is 10.1. The van der Waals surface area contributed by atoms with Crippen LogP contribution in [-0.4, -0.2) is 18.2 Å². The zero-order chi connectivity index (χ0) is 10.7. The molecule has 0 bridgehead atoms. The van der Waals surface area contributed by atoms with Crippen LogP contribution in [0.25, 0.3) is 0 Å². The van der Waals surface area contributed by atoms with Crippen molar-refractivity contribution in [1.82, 2.24) is 0 Å². The fraction of sp³-hybridized carbons (Fsp3) is 0.222. The summed E-state index contributed by atoms with van der Waals surface area (Å²) in [7, 11) is 1.43. The summed E-state index contributed by atoms with van der Waals surface area (Å²) in [5.74, 6) is -0.597. The normalized spacial score (nSPS) is 9.93. The Balaban J connectivity index is 3.17. The smallest absolute Gasteiger partial charge is 0.307 e. The summed E-state index contributed by atoms with van der Waals surface area (Å²) < 4.78 is 4.98. The minimum Gasteiger partial charge on any atom is -0.495 e. The van der Waals surface area contributed by atoms with Gasteiger partial charge in [0.1, 0.15) is 5.75 Å². The first kappa shape index (κ1) is 11.1. The number of benzene rings is 1. The summed E-state index contributed by atoms with van der Waals surface area (Å²) in [6.07, 6.45) is -0.163. The quantitative estimate of drug-likeness (QED) is 0.875. The monoisotopic (exact) mass is 234 g/mol. The van der Waals surface area contributed by atoms with Gasteiger partial charge < -0.3 is 9.84 Å². The van der Waals surface area contributed by atoms with Gasteiger partial charge in [-0.05, 0) is 12.1 Å². The van der Waals surface area contributed by atoms with E-state index in [1.54, 1.807) is 0 Å². The number of carbonyl (C=O) groups is 1. The van der Waals surface area contributed by atoms with E-state index in [1.165, 1.54) is 19.2 Å². The number of aliphatic carboxylic acids is 1. The third-order valence-corrected chi connectivity index (χ3v) is 2.13. The van der Waals surface area contributed by atoms with E-state index in [0.29, 0.717) is 21.4 Å². The van der Waals surface area contributed by atoms with Crippen molar-refractivity contribution in [2.45, 2.75) is 6.42 Å². The molecule has 3 nitrogen and oxygen atoms in total. The number of methoxy groups -OCH3 is 1. The van der Waals surface area contributed by atoms with E-state index in [2.05, 4.69) is 0 Å². The van der Waals surface area contributed by atoms with Crippen LogP contribution in [0.5, 0.6) is 5.75 Å². The first-order valence-electron chi connectivity index (χ1n) is 3.78. The van der Waals surface area contributed by atoms with Gasteiger partial charge in [-0.2, -0.15) is 0 Å². The van der Waals surface area contributed by atoms with E-state index in [9.17, 15) is 4.79 Å². The van der Waals surface area contributed by atoms with Crippen LogP contribution < -0.4 is 4.74 Å². The first-order valence-corrected chi connectivity index (χ1v) is 4.54. The molecule has 0 fully saturated rings. The third-order valence-electron chi connectivity index (χ3n) is 1.63. The SMILES string of the molecule is COc1c(Cl)cc(Cl)cc1CC(=O)O. The van der Waals surface area contributed by atoms with Gasteiger partial charge in [-0.1, -0.05) is 23.2 Å². The zero-order valence-electron chi connectivity index (χ0n) is 7.38. The Bertz CT molecular complexity index is 363. The highest BCUT2D eigenvalue weighted by atomic mass is 35.5. The van der Waals surface area contributed by atoms with Gasteiger partial charge in [0.05, 0.1) is 18.6 Å². The zero-order valence-corrected chi connectivity index (χ0v) is 8.89. The Morgan fingerprint density at radius 1 is 1.50 bits per heavy atom. The van der Waals surface area contributed by atoms with Gasteiger partial charge in [-0.3, -0.25) is 4.79 Å². The Hall–Kier alpha value is -0.930. The summed E-state index contributed by atoms with van der Waals surface area (Å²) in [5.41, 5.74) is 0.470. The molecule has 0 aliphatic heterocycles. The Morgan fingerprint density at radius 3 is 2.64 bits per heavy atom. The van der Waals surface area contributed by atoms with Crippen molar-refractivity contribution in [3.05, 3.63) is 27.7 Å². The standard InChI is InChI=1S/C9H8Cl2O3/c1-14-9-5(3-8(12)13)2-6(10)4-7(9)11/h2,4H,3H2,1H3,(H,12,13). The van der Waals surface area contributed by atoms with Crippen LogP contribution in [0.3, 0.4) is 0 Å². The van der Waals surface area contributed by atoms with Gasteiger partial charge in [0.2, 0.25) is 0 Å². The predicted molar refractivity (Wildman–Crippen MR) is 54.4 cm³/mol. The molecule has 0 radical (unpaired) electrons. The molecule has 0 aliphatic carbocycles. The van der Waals surface area contributed by atoms with Crippen LogP contribution in [0.2, 0.25) is 10.0 Å². The van der Waals surface area contributed by atoms with Gasteiger partial charge in [0, 0.05) is 10.6 Å². The molecule has 1 aromatic rings. The van der Waals surface area contributed by atoms with Crippen molar-refractivity contribution >= 4 is 29.2 Å². The minimum atomic E-state index is -0.957. The molecule has 1 aromatic carbocycles. The molecule has 0 atom stereocenters. The van der Waals surface area contributed by atoms with E-state index in [-0.39, 0.29) is 6.42 Å². The maximum atomic E-state index is 10.5. The maximum Gasteiger partial charge on any atom is 0.307 e. The summed E-state index contributed by atoms with van der Waals surface area (Å²) in [4.78, 5) is 10.5. The molecule has 76 valence electrons. The number of rotatable bonds is 3. The second-order valence-electron chi connectivity index (χ2n) is 2.65. The molecule has 1 rings (SSSR count). The molecule has 0 unspecified atom stereocenters. The number of hydrogen-bond donors (Lipinski definition) is 1. The predicted octanol–water partition coefficient (Wildman–Crippen LogP) is 2.63. The van der Waals surface area contributed by atoms with E-state index in [1.807, 2.05) is 0 Å². The molecule has 5 heteroatoms. The highest BCUT2D eigenvalue weighted by Crippen LogP contribution is 2.32. The van der Waals surface area contributed by atoms with E-state index < -0.39 is 5.97 Å². The molecule has 0 heterocycles. The molecule has 0 saturated heterocycles. The average Bonchev–Trinajstić information content (AvgIpc) is 2.01. The molecule has 0 amide bonds. The second-order valence-corrected chi connectivity index (χ2v) is 3.49. The van der Waals surface area contributed by atoms with E-state index >= 15 is 0 Å². The van der Waals surface area contributed by atoms with Crippen LogP contribution in [0.1, 0.15) is 5.56 Å². The number of halogens is 2. The highest BCUT2D eigenvalue weighted by molar-refractivity contribution is 6.35. The van der Waals surface area contributed by atoms with Crippen molar-refractivity contribution in [1.29, 1.82) is 0 Å². The molecular weight excluding hydrogens is 227 g/mol. The summed E-state index contributed by atoms with van der Waals surface area (Å²) >= 11 is 11.5. The van der Waals surface area contributed by atoms with Gasteiger partial charge in [0.15, 0.2) is 0 Å². The minimum absolute atomic E-state index is 0.163. The van der Waals surface area contributed by atoms with Crippen molar-refractivity contribution in [3.8, 4) is 5.75 Å². The molecular formula is C9H8Cl2O3. The Morgan fingerprint density at radius 2 is 2.14 bits per heavy atom. The average molecular weight is 235 g/mol. The lowest BCUT2D eigenvalue weighted by Crippen LogP contribution is -2.02. The number of ether oxygens (including phenoxy) is 1. The largest absolute Gasteiger partial charge is 0.495 e. The van der Waals surface area contributed by atoms with Gasteiger partial charge in [-0.25, -0.2) is 0 Å². The third kappa shape index (κ3) is 2.53. The molecule has 0 aliphatic rings. The lowest BCUT2D eigenvalue weighted by molar-refractivity contribution is -0.136. The van der Waals surface area contributed by atoms with Crippen LogP contribution in [0, 0.1) is 0 Å². The van der Waals surface area contributed by atoms with Crippen LogP contribution >= 0.6 is 23.2 Å². The second kappa shape index (κ2) is 4.53. The summed E-state index contributed by atoms with van der Waals surface area (Å²) in [6, 6.07) is 3.04. The highest BCUT2D eigenvalue weighted by Gasteiger charge is 2.12. The van der Waals surface area contributed by atoms with Crippen LogP contribution in [-0.2, 0) is 11.2 Å². The molecule has 14 heavy (non-hydrogen) atoms. The summed E-state index contributed by atoms with van der Waals surface area (Å²) in [5, 5.41) is 9.34. The molecule has 0 spiro atoms. The van der Waals surface area contributed by atoms with E-state index in [4.69, 9.17) is 33.0 Å². The Kier molecular flexibility index (Phi) is 3.61. The fourth-order valence-electron chi connectivity index (χ4n) is 1.14. The first-order chi connectivity index (χ1) is 6.54. The van der Waals surface area contributed by atoms with E-state index in [0.717, 1.165) is 0 Å². The van der Waals surface area contributed by atoms with Crippen molar-refractivity contribution < 1.29 is 14.6 Å². The van der Waals surface area contributed by atoms with Crippen molar-refractivity contribution in [3.63, 3.8) is 0 Å². The van der Waals surface area contributed by atoms with Gasteiger partial charge in [-0.15, -0.1) is 0 Å². The summed E-state index contributed by atoms with van der Waals surface area (Å²) in [6.45, 7) is 0. The number of carboxylic acid groups (broad SMARTS) is 1. The number of carboxylic acids is 1. The number of hydrogen-bond acceptors (Lipinski definition) is 2. The molecule has 0 aromatic heterocycles. The lowest BCUT2D eigenvalue weighted by Gasteiger charge is -2.08. The topological polar surface area (TPSA) is 46.5 Å². The molecule has 0 saturated carbocycles. The van der Waals surface area contributed by atoms with Crippen molar-refractivity contribution in [2.24, 2.45) is 0 Å². The van der Waals surface area contributed by atoms with Gasteiger partial charge in [0.25, 0.3) is 0 Å². The fourth-order valence-corrected chi connectivity index (χ4v) is 1.75. The maximum absolute atomic E-state index is 10.5. The molecule has 1 N–H and O–H groups in total. The van der Waals surface area contributed by atoms with Gasteiger partial charge >= 0.3 is 5.97 Å². The van der Waals surface area contributed by atoms with Crippen molar-refractivity contribution in [2.75, 3.05) is 7.11 Å².